The predicted octanol–water partition coefficient (Wildman–Crippen LogP) is 4.15. The molecule has 12 unspecified atom stereocenters. The number of aliphatic hydroxyl groups is 8. The average Bonchev–Trinajstić information content (AvgIpc) is 3.23. The number of allylic oxidation sites excluding steroid dienone is 7. The van der Waals surface area contributed by atoms with Crippen LogP contribution in [0.2, 0.25) is 0 Å². The van der Waals surface area contributed by atoms with Crippen LogP contribution in [0.4, 0.5) is 0 Å². The molecule has 2 rings (SSSR count). The van der Waals surface area contributed by atoms with E-state index >= 15 is 0 Å². The molecule has 0 bridgehead atoms. The zero-order chi connectivity index (χ0) is 43.3. The van der Waals surface area contributed by atoms with Crippen molar-refractivity contribution in [3.05, 3.63) is 48.6 Å². The fourth-order valence-electron chi connectivity index (χ4n) is 6.98. The van der Waals surface area contributed by atoms with Gasteiger partial charge in [-0.1, -0.05) is 114 Å². The summed E-state index contributed by atoms with van der Waals surface area (Å²) in [5.41, 5.74) is 0. The number of carbonyl (C=O) groups excluding carboxylic acids is 1. The monoisotopic (exact) mass is 842 g/mol. The zero-order valence-corrected chi connectivity index (χ0v) is 35.7. The fraction of sp³-hybridized carbons (Fsp3) is 0.800. The Morgan fingerprint density at radius 3 is 1.80 bits per heavy atom. The third kappa shape index (κ3) is 21.1. The van der Waals surface area contributed by atoms with Gasteiger partial charge in [-0.25, -0.2) is 0 Å². The summed E-state index contributed by atoms with van der Waals surface area (Å²) in [6.07, 6.45) is 18.9. The number of amides is 1. The molecule has 0 aromatic heterocycles. The lowest BCUT2D eigenvalue weighted by Crippen LogP contribution is -2.65. The van der Waals surface area contributed by atoms with Gasteiger partial charge in [-0.3, -0.25) is 4.79 Å². The van der Waals surface area contributed by atoms with Crippen molar-refractivity contribution >= 4 is 5.91 Å². The van der Waals surface area contributed by atoms with Crippen LogP contribution in [0.25, 0.3) is 0 Å². The minimum atomic E-state index is -1.79. The first-order valence-electron chi connectivity index (χ1n) is 22.4. The molecule has 0 radical (unpaired) electrons. The van der Waals surface area contributed by atoms with E-state index in [1.54, 1.807) is 6.08 Å². The van der Waals surface area contributed by atoms with Gasteiger partial charge in [-0.15, -0.1) is 0 Å². The highest BCUT2D eigenvalue weighted by atomic mass is 16.7. The maximum Gasteiger partial charge on any atom is 0.220 e. The molecule has 0 aromatic carbocycles. The highest BCUT2D eigenvalue weighted by Crippen LogP contribution is 2.30. The van der Waals surface area contributed by atoms with Crippen molar-refractivity contribution in [1.29, 1.82) is 0 Å². The Bertz CT molecular complexity index is 1180. The SMILES string of the molecule is CCCCC/C=C/CC/C=C/C(O)C(COC1OC(CO)C(OC2OC(CO)C(O)C(O)C2O)C(O)C1O)NC(=O)CCCCCCC/C=C\C/C=C\CCCCCC. The molecule has 0 aliphatic carbocycles. The number of hydrogen-bond acceptors (Lipinski definition) is 13. The second-order valence-electron chi connectivity index (χ2n) is 15.8. The number of hydrogen-bond donors (Lipinski definition) is 9. The Balaban J connectivity index is 1.90. The zero-order valence-electron chi connectivity index (χ0n) is 35.7. The third-order valence-corrected chi connectivity index (χ3v) is 10.7. The highest BCUT2D eigenvalue weighted by molar-refractivity contribution is 5.76. The summed E-state index contributed by atoms with van der Waals surface area (Å²) in [5.74, 6) is -0.270. The Morgan fingerprint density at radius 2 is 1.14 bits per heavy atom. The Hall–Kier alpha value is -2.05. The average molecular weight is 842 g/mol. The van der Waals surface area contributed by atoms with E-state index in [4.69, 9.17) is 18.9 Å². The lowest BCUT2D eigenvalue weighted by Gasteiger charge is -2.46. The summed E-state index contributed by atoms with van der Waals surface area (Å²) in [7, 11) is 0. The van der Waals surface area contributed by atoms with Crippen LogP contribution >= 0.6 is 0 Å². The highest BCUT2D eigenvalue weighted by Gasteiger charge is 2.50. The van der Waals surface area contributed by atoms with Crippen LogP contribution < -0.4 is 5.32 Å². The molecule has 2 aliphatic heterocycles. The van der Waals surface area contributed by atoms with Crippen molar-refractivity contribution in [1.82, 2.24) is 5.32 Å². The molecular formula is C45H79NO13. The van der Waals surface area contributed by atoms with Gasteiger partial charge in [-0.05, 0) is 64.2 Å². The van der Waals surface area contributed by atoms with E-state index in [0.717, 1.165) is 64.2 Å². The Morgan fingerprint density at radius 1 is 0.610 bits per heavy atom. The van der Waals surface area contributed by atoms with Gasteiger partial charge in [0.05, 0.1) is 32.0 Å². The molecule has 2 fully saturated rings. The number of carbonyl (C=O) groups is 1. The van der Waals surface area contributed by atoms with Gasteiger partial charge in [0.2, 0.25) is 5.91 Å². The minimum absolute atomic E-state index is 0.255. The van der Waals surface area contributed by atoms with Crippen LogP contribution in [0, 0.1) is 0 Å². The van der Waals surface area contributed by atoms with Crippen molar-refractivity contribution in [3.63, 3.8) is 0 Å². The van der Waals surface area contributed by atoms with Gasteiger partial charge in [0, 0.05) is 6.42 Å². The van der Waals surface area contributed by atoms with E-state index in [9.17, 15) is 45.6 Å². The van der Waals surface area contributed by atoms with Crippen molar-refractivity contribution in [2.45, 2.75) is 209 Å². The molecule has 59 heavy (non-hydrogen) atoms. The third-order valence-electron chi connectivity index (χ3n) is 10.7. The molecule has 0 spiro atoms. The lowest BCUT2D eigenvalue weighted by molar-refractivity contribution is -0.359. The van der Waals surface area contributed by atoms with Gasteiger partial charge in [-0.2, -0.15) is 0 Å². The minimum Gasteiger partial charge on any atom is -0.394 e. The van der Waals surface area contributed by atoms with Crippen LogP contribution in [0.15, 0.2) is 48.6 Å². The molecule has 0 aromatic rings. The molecule has 342 valence electrons. The number of unbranched alkanes of at least 4 members (excludes halogenated alkanes) is 13. The molecular weight excluding hydrogens is 762 g/mol. The van der Waals surface area contributed by atoms with Gasteiger partial charge in [0.1, 0.15) is 48.8 Å². The Labute approximate surface area is 353 Å². The van der Waals surface area contributed by atoms with Crippen molar-refractivity contribution in [3.8, 4) is 0 Å². The predicted molar refractivity (Wildman–Crippen MR) is 226 cm³/mol. The van der Waals surface area contributed by atoms with Crippen molar-refractivity contribution < 1.29 is 64.6 Å². The van der Waals surface area contributed by atoms with E-state index in [1.807, 2.05) is 6.08 Å². The van der Waals surface area contributed by atoms with E-state index in [-0.39, 0.29) is 18.9 Å². The molecule has 2 saturated heterocycles. The van der Waals surface area contributed by atoms with Gasteiger partial charge in [0.15, 0.2) is 12.6 Å². The number of aliphatic hydroxyl groups excluding tert-OH is 8. The quantitative estimate of drug-likeness (QED) is 0.0343. The smallest absolute Gasteiger partial charge is 0.220 e. The molecule has 14 heteroatoms. The maximum absolute atomic E-state index is 13.1. The number of rotatable bonds is 32. The van der Waals surface area contributed by atoms with Crippen LogP contribution in [-0.2, 0) is 23.7 Å². The summed E-state index contributed by atoms with van der Waals surface area (Å²) >= 11 is 0. The topological polar surface area (TPSA) is 228 Å². The largest absolute Gasteiger partial charge is 0.394 e. The summed E-state index contributed by atoms with van der Waals surface area (Å²) in [6.45, 7) is 2.64. The Kier molecular flexibility index (Phi) is 29.4. The van der Waals surface area contributed by atoms with Gasteiger partial charge in [0.25, 0.3) is 0 Å². The summed E-state index contributed by atoms with van der Waals surface area (Å²) in [6, 6.07) is -0.936. The number of nitrogens with one attached hydrogen (secondary N) is 1. The summed E-state index contributed by atoms with van der Waals surface area (Å²) in [5, 5.41) is 86.2. The van der Waals surface area contributed by atoms with Crippen molar-refractivity contribution in [2.75, 3.05) is 19.8 Å². The second-order valence-corrected chi connectivity index (χ2v) is 15.8. The van der Waals surface area contributed by atoms with Crippen LogP contribution in [0.3, 0.4) is 0 Å². The first-order valence-corrected chi connectivity index (χ1v) is 22.4. The van der Waals surface area contributed by atoms with Gasteiger partial charge < -0.3 is 65.1 Å². The summed E-state index contributed by atoms with van der Waals surface area (Å²) in [4.78, 5) is 13.1. The van der Waals surface area contributed by atoms with Crippen LogP contribution in [0.1, 0.15) is 136 Å². The van der Waals surface area contributed by atoms with Gasteiger partial charge >= 0.3 is 0 Å². The van der Waals surface area contributed by atoms with E-state index in [1.165, 1.54) is 38.5 Å². The molecule has 2 aliphatic rings. The molecule has 0 saturated carbocycles. The molecule has 1 amide bonds. The normalized spacial score (nSPS) is 29.0. The molecule has 2 heterocycles. The van der Waals surface area contributed by atoms with E-state index < -0.39 is 86.8 Å². The second kappa shape index (κ2) is 32.6. The van der Waals surface area contributed by atoms with E-state index in [0.29, 0.717) is 12.8 Å². The lowest BCUT2D eigenvalue weighted by atomic mass is 9.97. The fourth-order valence-corrected chi connectivity index (χ4v) is 6.98. The molecule has 14 nitrogen and oxygen atoms in total. The van der Waals surface area contributed by atoms with Crippen LogP contribution in [-0.4, -0.2) is 140 Å². The maximum atomic E-state index is 13.1. The van der Waals surface area contributed by atoms with Crippen LogP contribution in [0.5, 0.6) is 0 Å². The first-order chi connectivity index (χ1) is 28.6. The van der Waals surface area contributed by atoms with E-state index in [2.05, 4.69) is 55.6 Å². The first kappa shape index (κ1) is 53.1. The van der Waals surface area contributed by atoms with Crippen molar-refractivity contribution in [2.24, 2.45) is 0 Å². The number of ether oxygens (including phenoxy) is 4. The summed E-state index contributed by atoms with van der Waals surface area (Å²) < 4.78 is 22.5. The standard InChI is InChI=1S/C45H79NO13/c1-3-5-7-9-11-13-14-15-16-17-18-19-21-23-25-27-29-37(50)46-33(34(49)28-26-24-22-20-12-10-8-6-4-2)32-56-44-42(55)40(53)43(36(31-48)58-44)59-45-41(54)39(52)38(51)35(30-47)57-45/h12-14,16-17,20,26,28,33-36,38-45,47-49,51-55H,3-11,15,18-19,21-25,27,29-32H2,1-2H3,(H,46,50)/b14-13-,17-16-,20-12+,28-26+. The molecule has 12 atom stereocenters. The molecule has 9 N–H and O–H groups in total.